The first kappa shape index (κ1) is 10.3. The lowest BCUT2D eigenvalue weighted by Crippen LogP contribution is -2.18. The minimum Gasteiger partial charge on any atom is -0.300 e. The number of hydrogen-bond donors (Lipinski definition) is 1. The van der Waals surface area contributed by atoms with E-state index in [1.165, 1.54) is 5.56 Å². The molecule has 1 unspecified atom stereocenters. The van der Waals surface area contributed by atoms with E-state index < -0.39 is 0 Å². The summed E-state index contributed by atoms with van der Waals surface area (Å²) in [5.74, 6) is 2.56. The lowest BCUT2D eigenvalue weighted by molar-refractivity contribution is 0.621. The van der Waals surface area contributed by atoms with Crippen molar-refractivity contribution < 1.29 is 0 Å². The fourth-order valence-corrected chi connectivity index (χ4v) is 1.78. The zero-order valence-corrected chi connectivity index (χ0v) is 9.14. The summed E-state index contributed by atoms with van der Waals surface area (Å²) in [4.78, 5) is 0. The van der Waals surface area contributed by atoms with Crippen LogP contribution in [0.5, 0.6) is 0 Å². The van der Waals surface area contributed by atoms with Gasteiger partial charge in [0.25, 0.3) is 0 Å². The topological polar surface area (TPSA) is 12.0 Å². The van der Waals surface area contributed by atoms with Crippen LogP contribution in [-0.2, 0) is 0 Å². The van der Waals surface area contributed by atoms with Crippen LogP contribution in [0.3, 0.4) is 0 Å². The quantitative estimate of drug-likeness (QED) is 0.798. The molecule has 68 valence electrons. The van der Waals surface area contributed by atoms with E-state index in [1.54, 1.807) is 0 Å². The Labute approximate surface area is 87.7 Å². The minimum atomic E-state index is 0.284. The van der Waals surface area contributed by atoms with Crippen molar-refractivity contribution in [3.8, 4) is 12.3 Å². The van der Waals surface area contributed by atoms with Crippen LogP contribution < -0.4 is 5.32 Å². The van der Waals surface area contributed by atoms with Crippen LogP contribution in [0.2, 0.25) is 0 Å². The molecule has 0 fully saturated rings. The standard InChI is InChI=1S/C11H12BrN/c1-3-8-13-9(2)10-6-4-5-7-11(10)12/h1,4-7,9,13H,8H2,2H3. The fraction of sp³-hybridized carbons (Fsp3) is 0.273. The lowest BCUT2D eigenvalue weighted by Gasteiger charge is -2.13. The van der Waals surface area contributed by atoms with E-state index in [1.807, 2.05) is 18.2 Å². The molecule has 1 N–H and O–H groups in total. The van der Waals surface area contributed by atoms with Gasteiger partial charge in [-0.05, 0) is 18.6 Å². The average Bonchev–Trinajstić information content (AvgIpc) is 2.15. The van der Waals surface area contributed by atoms with Crippen LogP contribution in [0.25, 0.3) is 0 Å². The zero-order chi connectivity index (χ0) is 9.68. The number of hydrogen-bond acceptors (Lipinski definition) is 1. The molecule has 13 heavy (non-hydrogen) atoms. The minimum absolute atomic E-state index is 0.284. The molecule has 0 amide bonds. The molecular weight excluding hydrogens is 226 g/mol. The molecule has 1 rings (SSSR count). The molecule has 0 saturated heterocycles. The molecule has 0 aliphatic carbocycles. The summed E-state index contributed by atoms with van der Waals surface area (Å²) >= 11 is 3.50. The first-order chi connectivity index (χ1) is 6.25. The summed E-state index contributed by atoms with van der Waals surface area (Å²) in [6.45, 7) is 2.69. The van der Waals surface area contributed by atoms with Gasteiger partial charge in [0, 0.05) is 10.5 Å². The van der Waals surface area contributed by atoms with Gasteiger partial charge in [-0.15, -0.1) is 6.42 Å². The van der Waals surface area contributed by atoms with Crippen molar-refractivity contribution in [2.45, 2.75) is 13.0 Å². The van der Waals surface area contributed by atoms with Crippen LogP contribution in [0.4, 0.5) is 0 Å². The number of halogens is 1. The van der Waals surface area contributed by atoms with Gasteiger partial charge in [0.15, 0.2) is 0 Å². The predicted octanol–water partition coefficient (Wildman–Crippen LogP) is 2.73. The van der Waals surface area contributed by atoms with Gasteiger partial charge >= 0.3 is 0 Å². The molecule has 1 aromatic carbocycles. The number of terminal acetylenes is 1. The Kier molecular flexibility index (Phi) is 4.01. The van der Waals surface area contributed by atoms with E-state index in [9.17, 15) is 0 Å². The molecule has 2 heteroatoms. The number of rotatable bonds is 3. The van der Waals surface area contributed by atoms with Crippen molar-refractivity contribution in [1.29, 1.82) is 0 Å². The molecule has 0 radical (unpaired) electrons. The van der Waals surface area contributed by atoms with Gasteiger partial charge in [0.05, 0.1) is 6.54 Å². The van der Waals surface area contributed by atoms with Gasteiger partial charge in [-0.3, -0.25) is 5.32 Å². The Morgan fingerprint density at radius 1 is 1.54 bits per heavy atom. The third-order valence-electron chi connectivity index (χ3n) is 1.88. The monoisotopic (exact) mass is 237 g/mol. The number of nitrogens with one attached hydrogen (secondary N) is 1. The van der Waals surface area contributed by atoms with Gasteiger partial charge in [-0.1, -0.05) is 40.0 Å². The summed E-state index contributed by atoms with van der Waals surface area (Å²) in [6.07, 6.45) is 5.17. The van der Waals surface area contributed by atoms with Crippen molar-refractivity contribution in [3.05, 3.63) is 34.3 Å². The molecule has 0 bridgehead atoms. The van der Waals surface area contributed by atoms with Gasteiger partial charge in [0.2, 0.25) is 0 Å². The third-order valence-corrected chi connectivity index (χ3v) is 2.60. The molecule has 0 spiro atoms. The third kappa shape index (κ3) is 2.87. The Morgan fingerprint density at radius 3 is 2.85 bits per heavy atom. The summed E-state index contributed by atoms with van der Waals surface area (Å²) in [5, 5.41) is 3.22. The second-order valence-corrected chi connectivity index (χ2v) is 3.68. The van der Waals surface area contributed by atoms with E-state index in [4.69, 9.17) is 6.42 Å². The zero-order valence-electron chi connectivity index (χ0n) is 7.55. The second kappa shape index (κ2) is 5.06. The Hall–Kier alpha value is -0.780. The SMILES string of the molecule is C#CCNC(C)c1ccccc1Br. The summed E-state index contributed by atoms with van der Waals surface area (Å²) in [7, 11) is 0. The van der Waals surface area contributed by atoms with E-state index >= 15 is 0 Å². The predicted molar refractivity (Wildman–Crippen MR) is 59.4 cm³/mol. The van der Waals surface area contributed by atoms with E-state index in [2.05, 4.69) is 40.2 Å². The van der Waals surface area contributed by atoms with Crippen molar-refractivity contribution in [2.75, 3.05) is 6.54 Å². The molecule has 0 saturated carbocycles. The largest absolute Gasteiger partial charge is 0.300 e. The normalized spacial score (nSPS) is 12.1. The highest BCUT2D eigenvalue weighted by molar-refractivity contribution is 9.10. The average molecular weight is 238 g/mol. The molecule has 0 aromatic heterocycles. The van der Waals surface area contributed by atoms with Gasteiger partial charge in [0.1, 0.15) is 0 Å². The molecular formula is C11H12BrN. The van der Waals surface area contributed by atoms with E-state index in [0.29, 0.717) is 6.54 Å². The van der Waals surface area contributed by atoms with Crippen molar-refractivity contribution in [1.82, 2.24) is 5.32 Å². The number of benzene rings is 1. The summed E-state index contributed by atoms with van der Waals surface area (Å²) in [5.41, 5.74) is 1.23. The summed E-state index contributed by atoms with van der Waals surface area (Å²) in [6, 6.07) is 8.42. The van der Waals surface area contributed by atoms with Crippen LogP contribution in [0.1, 0.15) is 18.5 Å². The molecule has 0 aliphatic rings. The van der Waals surface area contributed by atoms with Gasteiger partial charge in [-0.25, -0.2) is 0 Å². The lowest BCUT2D eigenvalue weighted by atomic mass is 10.1. The fourth-order valence-electron chi connectivity index (χ4n) is 1.15. The van der Waals surface area contributed by atoms with E-state index in [-0.39, 0.29) is 6.04 Å². The first-order valence-electron chi connectivity index (χ1n) is 4.17. The van der Waals surface area contributed by atoms with Crippen LogP contribution >= 0.6 is 15.9 Å². The maximum atomic E-state index is 5.17. The van der Waals surface area contributed by atoms with Crippen LogP contribution in [0.15, 0.2) is 28.7 Å². The second-order valence-electron chi connectivity index (χ2n) is 2.83. The highest BCUT2D eigenvalue weighted by Crippen LogP contribution is 2.22. The molecule has 1 aromatic rings. The molecule has 0 aliphatic heterocycles. The highest BCUT2D eigenvalue weighted by Gasteiger charge is 2.06. The Morgan fingerprint density at radius 2 is 2.23 bits per heavy atom. The van der Waals surface area contributed by atoms with Crippen LogP contribution in [-0.4, -0.2) is 6.54 Å². The Bertz CT molecular complexity index is 314. The smallest absolute Gasteiger partial charge is 0.0578 e. The maximum Gasteiger partial charge on any atom is 0.0578 e. The van der Waals surface area contributed by atoms with Crippen LogP contribution in [0, 0.1) is 12.3 Å². The van der Waals surface area contributed by atoms with E-state index in [0.717, 1.165) is 4.47 Å². The Balaban J connectivity index is 2.72. The van der Waals surface area contributed by atoms with Gasteiger partial charge in [-0.2, -0.15) is 0 Å². The maximum absolute atomic E-state index is 5.17. The first-order valence-corrected chi connectivity index (χ1v) is 4.96. The van der Waals surface area contributed by atoms with Gasteiger partial charge < -0.3 is 0 Å². The highest BCUT2D eigenvalue weighted by atomic mass is 79.9. The van der Waals surface area contributed by atoms with Crippen molar-refractivity contribution in [3.63, 3.8) is 0 Å². The summed E-state index contributed by atoms with van der Waals surface area (Å²) < 4.78 is 1.12. The molecule has 1 nitrogen and oxygen atoms in total. The van der Waals surface area contributed by atoms with Crippen molar-refractivity contribution in [2.24, 2.45) is 0 Å². The molecule has 0 heterocycles. The molecule has 1 atom stereocenters. The van der Waals surface area contributed by atoms with Crippen molar-refractivity contribution >= 4 is 15.9 Å².